The Morgan fingerprint density at radius 3 is 2.42 bits per heavy atom. The molecular formula is C9H10BrNO6S2. The maximum absolute atomic E-state index is 11.9. The van der Waals surface area contributed by atoms with Gasteiger partial charge in [0.1, 0.15) is 10.3 Å². The number of aliphatic carboxylic acids is 2. The van der Waals surface area contributed by atoms with Crippen LogP contribution < -0.4 is 4.72 Å². The number of nitrogens with one attached hydrogen (secondary N) is 1. The lowest BCUT2D eigenvalue weighted by Crippen LogP contribution is -2.41. The zero-order chi connectivity index (χ0) is 14.8. The molecule has 0 aromatic carbocycles. The molecule has 0 saturated carbocycles. The van der Waals surface area contributed by atoms with E-state index in [2.05, 4.69) is 15.9 Å². The minimum absolute atomic E-state index is 0.0755. The number of hydrogen-bond donors (Lipinski definition) is 3. The molecule has 10 heteroatoms. The van der Waals surface area contributed by atoms with Gasteiger partial charge in [0, 0.05) is 0 Å². The molecule has 1 atom stereocenters. The normalized spacial score (nSPS) is 13.2. The summed E-state index contributed by atoms with van der Waals surface area (Å²) in [5.74, 6) is -2.95. The van der Waals surface area contributed by atoms with Crippen LogP contribution >= 0.6 is 27.3 Å². The van der Waals surface area contributed by atoms with E-state index in [0.717, 1.165) is 11.3 Å². The lowest BCUT2D eigenvalue weighted by atomic mass is 10.2. The second kappa shape index (κ2) is 5.99. The lowest BCUT2D eigenvalue weighted by molar-refractivity contribution is -0.145. The summed E-state index contributed by atoms with van der Waals surface area (Å²) in [6, 6.07) is -0.333. The molecule has 0 fully saturated rings. The Kier molecular flexibility index (Phi) is 5.07. The maximum Gasteiger partial charge on any atom is 0.322 e. The Balaban J connectivity index is 3.00. The molecule has 0 amide bonds. The highest BCUT2D eigenvalue weighted by atomic mass is 79.9. The zero-order valence-electron chi connectivity index (χ0n) is 9.58. The van der Waals surface area contributed by atoms with Crippen molar-refractivity contribution in [3.05, 3.63) is 15.4 Å². The molecular weight excluding hydrogens is 362 g/mol. The van der Waals surface area contributed by atoms with Crippen molar-refractivity contribution in [3.8, 4) is 0 Å². The van der Waals surface area contributed by atoms with E-state index in [0.29, 0.717) is 9.35 Å². The van der Waals surface area contributed by atoms with E-state index in [4.69, 9.17) is 10.2 Å². The Bertz CT molecular complexity index is 589. The van der Waals surface area contributed by atoms with Gasteiger partial charge in [0.05, 0.1) is 10.2 Å². The minimum atomic E-state index is -4.06. The van der Waals surface area contributed by atoms with Crippen molar-refractivity contribution >= 4 is 49.2 Å². The van der Waals surface area contributed by atoms with Crippen molar-refractivity contribution in [2.24, 2.45) is 0 Å². The number of hydrogen-bond acceptors (Lipinski definition) is 5. The molecule has 0 radical (unpaired) electrons. The topological polar surface area (TPSA) is 121 Å². The van der Waals surface area contributed by atoms with E-state index in [1.54, 1.807) is 6.92 Å². The molecule has 3 N–H and O–H groups in total. The largest absolute Gasteiger partial charge is 0.481 e. The highest BCUT2D eigenvalue weighted by molar-refractivity contribution is 9.11. The zero-order valence-corrected chi connectivity index (χ0v) is 12.8. The van der Waals surface area contributed by atoms with Crippen molar-refractivity contribution < 1.29 is 28.2 Å². The molecule has 0 aliphatic heterocycles. The van der Waals surface area contributed by atoms with Crippen molar-refractivity contribution in [1.29, 1.82) is 0 Å². The summed E-state index contributed by atoms with van der Waals surface area (Å²) in [7, 11) is -4.06. The third-order valence-electron chi connectivity index (χ3n) is 2.07. The van der Waals surface area contributed by atoms with Gasteiger partial charge in [0.25, 0.3) is 10.0 Å². The first kappa shape index (κ1) is 16.1. The van der Waals surface area contributed by atoms with Crippen LogP contribution in [0.5, 0.6) is 0 Å². The maximum atomic E-state index is 11.9. The molecule has 0 bridgehead atoms. The fourth-order valence-electron chi connectivity index (χ4n) is 1.16. The van der Waals surface area contributed by atoms with Gasteiger partial charge in [-0.2, -0.15) is 4.72 Å². The SMILES string of the molecule is Cc1cc(S(=O)(=O)NC(CC(=O)O)C(=O)O)sc1Br. The fraction of sp³-hybridized carbons (Fsp3) is 0.333. The second-order valence-electron chi connectivity index (χ2n) is 3.63. The third-order valence-corrected chi connectivity index (χ3v) is 6.16. The quantitative estimate of drug-likeness (QED) is 0.686. The summed E-state index contributed by atoms with van der Waals surface area (Å²) in [6.45, 7) is 1.69. The summed E-state index contributed by atoms with van der Waals surface area (Å²) in [5.41, 5.74) is 0.690. The smallest absolute Gasteiger partial charge is 0.322 e. The van der Waals surface area contributed by atoms with Gasteiger partial charge in [-0.1, -0.05) is 0 Å². The Morgan fingerprint density at radius 2 is 2.05 bits per heavy atom. The molecule has 19 heavy (non-hydrogen) atoms. The number of aryl methyl sites for hydroxylation is 1. The molecule has 0 saturated heterocycles. The molecule has 1 rings (SSSR count). The summed E-state index contributed by atoms with van der Waals surface area (Å²) < 4.78 is 26.2. The van der Waals surface area contributed by atoms with Gasteiger partial charge in [-0.3, -0.25) is 9.59 Å². The van der Waals surface area contributed by atoms with Crippen LogP contribution in [0.2, 0.25) is 0 Å². The number of sulfonamides is 1. The first-order valence-corrected chi connectivity index (χ1v) is 7.95. The fourth-order valence-corrected chi connectivity index (χ4v) is 4.59. The Labute approximate surface area is 121 Å². The number of thiophene rings is 1. The Morgan fingerprint density at radius 1 is 1.47 bits per heavy atom. The van der Waals surface area contributed by atoms with Gasteiger partial charge in [-0.15, -0.1) is 11.3 Å². The molecule has 0 spiro atoms. The highest BCUT2D eigenvalue weighted by Gasteiger charge is 2.28. The highest BCUT2D eigenvalue weighted by Crippen LogP contribution is 2.30. The van der Waals surface area contributed by atoms with Gasteiger partial charge in [0.2, 0.25) is 0 Å². The summed E-state index contributed by atoms with van der Waals surface area (Å²) >= 11 is 4.08. The predicted molar refractivity (Wildman–Crippen MR) is 70.8 cm³/mol. The number of rotatable bonds is 6. The van der Waals surface area contributed by atoms with Crippen LogP contribution in [0.25, 0.3) is 0 Å². The van der Waals surface area contributed by atoms with Crippen LogP contribution in [-0.4, -0.2) is 36.6 Å². The third kappa shape index (κ3) is 4.27. The monoisotopic (exact) mass is 371 g/mol. The summed E-state index contributed by atoms with van der Waals surface area (Å²) in [4.78, 5) is 21.3. The first-order chi connectivity index (χ1) is 8.63. The number of carboxylic acids is 2. The van der Waals surface area contributed by atoms with Crippen LogP contribution in [-0.2, 0) is 19.6 Å². The van der Waals surface area contributed by atoms with Crippen molar-refractivity contribution in [2.45, 2.75) is 23.6 Å². The summed E-state index contributed by atoms with van der Waals surface area (Å²) in [6.07, 6.45) is -0.833. The minimum Gasteiger partial charge on any atom is -0.481 e. The van der Waals surface area contributed by atoms with Crippen LogP contribution in [0.15, 0.2) is 14.1 Å². The average Bonchev–Trinajstić information content (AvgIpc) is 2.58. The van der Waals surface area contributed by atoms with Crippen molar-refractivity contribution in [3.63, 3.8) is 0 Å². The van der Waals surface area contributed by atoms with Crippen LogP contribution in [0.4, 0.5) is 0 Å². The molecule has 106 valence electrons. The van der Waals surface area contributed by atoms with Gasteiger partial charge < -0.3 is 10.2 Å². The molecule has 0 aliphatic carbocycles. The van der Waals surface area contributed by atoms with Gasteiger partial charge >= 0.3 is 11.9 Å². The molecule has 7 nitrogen and oxygen atoms in total. The standard InChI is InChI=1S/C9H10BrNO6S2/c1-4-2-7(18-8(4)10)19(16,17)11-5(9(14)15)3-6(12)13/h2,5,11H,3H2,1H3,(H,12,13)(H,14,15). The first-order valence-electron chi connectivity index (χ1n) is 4.86. The molecule has 1 aromatic rings. The Hall–Kier alpha value is -0.970. The van der Waals surface area contributed by atoms with Gasteiger partial charge in [-0.05, 0) is 34.5 Å². The van der Waals surface area contributed by atoms with Gasteiger partial charge in [0.15, 0.2) is 0 Å². The molecule has 1 aromatic heterocycles. The van der Waals surface area contributed by atoms with E-state index >= 15 is 0 Å². The van der Waals surface area contributed by atoms with Crippen LogP contribution in [0, 0.1) is 6.92 Å². The lowest BCUT2D eigenvalue weighted by Gasteiger charge is -2.11. The van der Waals surface area contributed by atoms with E-state index in [1.807, 2.05) is 4.72 Å². The number of carboxylic acid groups (broad SMARTS) is 2. The number of carbonyl (C=O) groups is 2. The second-order valence-corrected chi connectivity index (χ2v) is 7.94. The molecule has 1 unspecified atom stereocenters. The number of halogens is 1. The van der Waals surface area contributed by atoms with Crippen molar-refractivity contribution in [1.82, 2.24) is 4.72 Å². The van der Waals surface area contributed by atoms with E-state index in [9.17, 15) is 18.0 Å². The molecule has 0 aliphatic rings. The van der Waals surface area contributed by atoms with Gasteiger partial charge in [-0.25, -0.2) is 8.42 Å². The average molecular weight is 372 g/mol. The van der Waals surface area contributed by atoms with Crippen LogP contribution in [0.1, 0.15) is 12.0 Å². The van der Waals surface area contributed by atoms with E-state index in [-0.39, 0.29) is 4.21 Å². The predicted octanol–water partition coefficient (Wildman–Crippen LogP) is 1.03. The van der Waals surface area contributed by atoms with E-state index < -0.39 is 34.4 Å². The summed E-state index contributed by atoms with van der Waals surface area (Å²) in [5, 5.41) is 17.3. The van der Waals surface area contributed by atoms with Crippen LogP contribution in [0.3, 0.4) is 0 Å². The van der Waals surface area contributed by atoms with E-state index in [1.165, 1.54) is 6.07 Å². The molecule has 1 heterocycles. The van der Waals surface area contributed by atoms with Crippen molar-refractivity contribution in [2.75, 3.05) is 0 Å².